The smallest absolute Gasteiger partial charge is 0.340 e. The van der Waals surface area contributed by atoms with Crippen LogP contribution in [0.15, 0.2) is 69.8 Å². The number of hydrogen-bond acceptors (Lipinski definition) is 6. The van der Waals surface area contributed by atoms with Crippen molar-refractivity contribution in [2.45, 2.75) is 25.9 Å². The number of methoxy groups -OCH3 is 1. The number of allylic oxidation sites excluding steroid dienone is 1. The Balaban J connectivity index is 1.47. The Morgan fingerprint density at radius 2 is 2.00 bits per heavy atom. The second kappa shape index (κ2) is 11.5. The molecule has 1 N–H and O–H groups in total. The standard InChI is InChI=1S/C27H27BrN2O6/c1-17-25(27(33)34-2)23(26(32)30(17)20-6-3-5-19(28)14-20)13-18-8-10-21(11-9-18)36-16-24(31)29-15-22-7-4-12-35-22/h3,5-6,8-11,13-14,22H,4,7,12,15-16H2,1-2H3,(H,29,31)/b23-13-/t22-/m0/s1. The summed E-state index contributed by atoms with van der Waals surface area (Å²) in [5.74, 6) is -0.616. The van der Waals surface area contributed by atoms with E-state index in [9.17, 15) is 14.4 Å². The summed E-state index contributed by atoms with van der Waals surface area (Å²) in [7, 11) is 1.29. The van der Waals surface area contributed by atoms with Crippen LogP contribution in [0.5, 0.6) is 5.75 Å². The highest BCUT2D eigenvalue weighted by Gasteiger charge is 2.37. The van der Waals surface area contributed by atoms with Crippen LogP contribution in [-0.2, 0) is 23.9 Å². The summed E-state index contributed by atoms with van der Waals surface area (Å²) >= 11 is 3.43. The average Bonchev–Trinajstić information content (AvgIpc) is 3.48. The van der Waals surface area contributed by atoms with Gasteiger partial charge in [0.05, 0.1) is 30.0 Å². The first-order chi connectivity index (χ1) is 17.4. The summed E-state index contributed by atoms with van der Waals surface area (Å²) in [5, 5.41) is 2.81. The lowest BCUT2D eigenvalue weighted by Gasteiger charge is -2.18. The van der Waals surface area contributed by atoms with Gasteiger partial charge in [0.1, 0.15) is 5.75 Å². The van der Waals surface area contributed by atoms with Gasteiger partial charge in [0, 0.05) is 23.3 Å². The van der Waals surface area contributed by atoms with Crippen molar-refractivity contribution in [1.29, 1.82) is 0 Å². The van der Waals surface area contributed by atoms with Crippen LogP contribution in [0.2, 0.25) is 0 Å². The predicted octanol–water partition coefficient (Wildman–Crippen LogP) is 4.00. The van der Waals surface area contributed by atoms with Crippen molar-refractivity contribution in [3.8, 4) is 5.75 Å². The topological polar surface area (TPSA) is 94.2 Å². The number of benzene rings is 2. The molecule has 0 unspecified atom stereocenters. The third-order valence-corrected chi connectivity index (χ3v) is 6.46. The summed E-state index contributed by atoms with van der Waals surface area (Å²) in [6.45, 7) is 2.83. The predicted molar refractivity (Wildman–Crippen MR) is 138 cm³/mol. The lowest BCUT2D eigenvalue weighted by molar-refractivity contribution is -0.136. The number of amides is 2. The second-order valence-corrected chi connectivity index (χ2v) is 9.34. The number of carbonyl (C=O) groups is 3. The van der Waals surface area contributed by atoms with E-state index < -0.39 is 5.97 Å². The van der Waals surface area contributed by atoms with Crippen LogP contribution in [0.25, 0.3) is 6.08 Å². The third kappa shape index (κ3) is 5.85. The number of nitrogens with one attached hydrogen (secondary N) is 1. The fraction of sp³-hybridized carbons (Fsp3) is 0.296. The van der Waals surface area contributed by atoms with Crippen LogP contribution in [0.1, 0.15) is 25.3 Å². The van der Waals surface area contributed by atoms with Crippen molar-refractivity contribution < 1.29 is 28.6 Å². The van der Waals surface area contributed by atoms with Crippen molar-refractivity contribution in [2.24, 2.45) is 0 Å². The van der Waals surface area contributed by atoms with Crippen LogP contribution in [0, 0.1) is 0 Å². The summed E-state index contributed by atoms with van der Waals surface area (Å²) in [6.07, 6.45) is 3.69. The van der Waals surface area contributed by atoms with Crippen LogP contribution in [-0.4, -0.2) is 50.8 Å². The maximum absolute atomic E-state index is 13.4. The number of rotatable bonds is 8. The molecular weight excluding hydrogens is 528 g/mol. The molecule has 0 aliphatic carbocycles. The Labute approximate surface area is 218 Å². The van der Waals surface area contributed by atoms with E-state index >= 15 is 0 Å². The van der Waals surface area contributed by atoms with Gasteiger partial charge in [0.2, 0.25) is 0 Å². The molecule has 0 spiro atoms. The molecule has 2 heterocycles. The molecule has 1 saturated heterocycles. The fourth-order valence-corrected chi connectivity index (χ4v) is 4.55. The Kier molecular flexibility index (Phi) is 8.22. The van der Waals surface area contributed by atoms with Gasteiger partial charge in [0.15, 0.2) is 6.61 Å². The van der Waals surface area contributed by atoms with Gasteiger partial charge in [-0.05, 0) is 61.7 Å². The minimum Gasteiger partial charge on any atom is -0.484 e. The number of hydrogen-bond donors (Lipinski definition) is 1. The quantitative estimate of drug-likeness (QED) is 0.391. The van der Waals surface area contributed by atoms with Crippen molar-refractivity contribution in [2.75, 3.05) is 31.8 Å². The van der Waals surface area contributed by atoms with Gasteiger partial charge in [-0.2, -0.15) is 0 Å². The molecule has 0 bridgehead atoms. The molecule has 2 amide bonds. The van der Waals surface area contributed by atoms with Crippen LogP contribution >= 0.6 is 15.9 Å². The Morgan fingerprint density at radius 3 is 2.67 bits per heavy atom. The minimum atomic E-state index is -0.585. The summed E-state index contributed by atoms with van der Waals surface area (Å²) in [6, 6.07) is 14.2. The highest BCUT2D eigenvalue weighted by molar-refractivity contribution is 9.10. The molecule has 0 aromatic heterocycles. The molecule has 2 aliphatic heterocycles. The maximum Gasteiger partial charge on any atom is 0.340 e. The highest BCUT2D eigenvalue weighted by atomic mass is 79.9. The zero-order valence-corrected chi connectivity index (χ0v) is 21.7. The lowest BCUT2D eigenvalue weighted by atomic mass is 10.0. The first-order valence-corrected chi connectivity index (χ1v) is 12.4. The third-order valence-electron chi connectivity index (χ3n) is 5.97. The second-order valence-electron chi connectivity index (χ2n) is 8.43. The molecule has 188 valence electrons. The monoisotopic (exact) mass is 554 g/mol. The van der Waals surface area contributed by atoms with E-state index in [1.165, 1.54) is 12.0 Å². The Hall–Kier alpha value is -3.43. The number of anilines is 1. The zero-order chi connectivity index (χ0) is 25.7. The van der Waals surface area contributed by atoms with Gasteiger partial charge in [-0.15, -0.1) is 0 Å². The van der Waals surface area contributed by atoms with Crippen molar-refractivity contribution in [3.05, 3.63) is 75.4 Å². The van der Waals surface area contributed by atoms with E-state index in [-0.39, 0.29) is 35.7 Å². The van der Waals surface area contributed by atoms with Gasteiger partial charge in [-0.25, -0.2) is 4.79 Å². The number of carbonyl (C=O) groups excluding carboxylic acids is 3. The summed E-state index contributed by atoms with van der Waals surface area (Å²) in [5.41, 5.74) is 2.27. The largest absolute Gasteiger partial charge is 0.484 e. The summed E-state index contributed by atoms with van der Waals surface area (Å²) < 4.78 is 16.8. The average molecular weight is 555 g/mol. The van der Waals surface area contributed by atoms with Gasteiger partial charge in [0.25, 0.3) is 11.8 Å². The Bertz CT molecular complexity index is 1220. The molecule has 8 nitrogen and oxygen atoms in total. The van der Waals surface area contributed by atoms with E-state index in [0.29, 0.717) is 29.2 Å². The van der Waals surface area contributed by atoms with E-state index in [2.05, 4.69) is 21.2 Å². The molecule has 2 aromatic rings. The molecule has 0 saturated carbocycles. The number of esters is 1. The van der Waals surface area contributed by atoms with Crippen molar-refractivity contribution in [1.82, 2.24) is 5.32 Å². The van der Waals surface area contributed by atoms with E-state index in [4.69, 9.17) is 14.2 Å². The Morgan fingerprint density at radius 1 is 1.22 bits per heavy atom. The van der Waals surface area contributed by atoms with Crippen LogP contribution in [0.4, 0.5) is 5.69 Å². The van der Waals surface area contributed by atoms with E-state index in [1.807, 2.05) is 18.2 Å². The molecule has 36 heavy (non-hydrogen) atoms. The van der Waals surface area contributed by atoms with Crippen LogP contribution in [0.3, 0.4) is 0 Å². The maximum atomic E-state index is 13.4. The highest BCUT2D eigenvalue weighted by Crippen LogP contribution is 2.36. The lowest BCUT2D eigenvalue weighted by Crippen LogP contribution is -2.35. The SMILES string of the molecule is COC(=O)C1=C(C)N(c2cccc(Br)c2)C(=O)/C1=C\c1ccc(OCC(=O)NC[C@@H]2CCCO2)cc1. The fourth-order valence-electron chi connectivity index (χ4n) is 4.17. The van der Waals surface area contributed by atoms with Crippen molar-refractivity contribution in [3.63, 3.8) is 0 Å². The number of halogens is 1. The van der Waals surface area contributed by atoms with Gasteiger partial charge in [-0.1, -0.05) is 34.1 Å². The van der Waals surface area contributed by atoms with E-state index in [0.717, 1.165) is 23.9 Å². The normalized spacial score (nSPS) is 18.6. The molecule has 9 heteroatoms. The molecular formula is C27H27BrN2O6. The van der Waals surface area contributed by atoms with Crippen molar-refractivity contribution >= 4 is 45.5 Å². The molecule has 2 aliphatic rings. The van der Waals surface area contributed by atoms with E-state index in [1.54, 1.807) is 43.3 Å². The molecule has 0 radical (unpaired) electrons. The number of nitrogens with zero attached hydrogens (tertiary/aromatic N) is 1. The molecule has 1 fully saturated rings. The van der Waals surface area contributed by atoms with Gasteiger partial charge < -0.3 is 19.5 Å². The first kappa shape index (κ1) is 25.7. The number of ether oxygens (including phenoxy) is 3. The zero-order valence-electron chi connectivity index (χ0n) is 20.1. The molecule has 2 aromatic carbocycles. The van der Waals surface area contributed by atoms with Crippen LogP contribution < -0.4 is 15.0 Å². The first-order valence-electron chi connectivity index (χ1n) is 11.6. The van der Waals surface area contributed by atoms with Gasteiger partial charge in [-0.3, -0.25) is 14.5 Å². The molecule has 4 rings (SSSR count). The summed E-state index contributed by atoms with van der Waals surface area (Å²) in [4.78, 5) is 39.5. The minimum absolute atomic E-state index is 0.0754. The molecule has 1 atom stereocenters. The van der Waals surface area contributed by atoms with Gasteiger partial charge >= 0.3 is 5.97 Å².